The van der Waals surface area contributed by atoms with Gasteiger partial charge in [0.05, 0.1) is 0 Å². The zero-order valence-corrected chi connectivity index (χ0v) is 7.00. The Labute approximate surface area is 61.9 Å². The predicted octanol–water partition coefficient (Wildman–Crippen LogP) is 1.51. The Hall–Kier alpha value is 0.0500. The number of hydrogen-bond donors (Lipinski definition) is 1. The molecule has 9 heavy (non-hydrogen) atoms. The SMILES string of the molecule is C=CC(CSC)NCC. The average Bonchev–Trinajstić information content (AvgIpc) is 1.88. The quantitative estimate of drug-likeness (QED) is 0.589. The summed E-state index contributed by atoms with van der Waals surface area (Å²) < 4.78 is 0. The van der Waals surface area contributed by atoms with Gasteiger partial charge in [-0.05, 0) is 12.8 Å². The van der Waals surface area contributed by atoms with Crippen molar-refractivity contribution >= 4 is 11.8 Å². The Morgan fingerprint density at radius 2 is 2.44 bits per heavy atom. The van der Waals surface area contributed by atoms with Crippen molar-refractivity contribution in [2.45, 2.75) is 13.0 Å². The second kappa shape index (κ2) is 6.17. The molecule has 1 N–H and O–H groups in total. The van der Waals surface area contributed by atoms with Gasteiger partial charge in [-0.15, -0.1) is 6.58 Å². The van der Waals surface area contributed by atoms with E-state index >= 15 is 0 Å². The fourth-order valence-electron chi connectivity index (χ4n) is 0.652. The van der Waals surface area contributed by atoms with Gasteiger partial charge in [-0.2, -0.15) is 11.8 Å². The van der Waals surface area contributed by atoms with Crippen LogP contribution in [-0.2, 0) is 0 Å². The molecule has 1 unspecified atom stereocenters. The summed E-state index contributed by atoms with van der Waals surface area (Å²) in [4.78, 5) is 0. The van der Waals surface area contributed by atoms with Crippen molar-refractivity contribution in [2.24, 2.45) is 0 Å². The molecule has 0 bridgehead atoms. The van der Waals surface area contributed by atoms with Gasteiger partial charge >= 0.3 is 0 Å². The first-order valence-electron chi connectivity index (χ1n) is 3.20. The smallest absolute Gasteiger partial charge is 0.0338 e. The maximum Gasteiger partial charge on any atom is 0.0338 e. The molecule has 0 saturated carbocycles. The Morgan fingerprint density at radius 3 is 2.78 bits per heavy atom. The molecule has 0 amide bonds. The third-order valence-electron chi connectivity index (χ3n) is 1.10. The number of rotatable bonds is 5. The van der Waals surface area contributed by atoms with Gasteiger partial charge in [0.1, 0.15) is 0 Å². The first-order valence-corrected chi connectivity index (χ1v) is 4.59. The summed E-state index contributed by atoms with van der Waals surface area (Å²) in [6, 6.07) is 0.491. The highest BCUT2D eigenvalue weighted by Crippen LogP contribution is 1.96. The van der Waals surface area contributed by atoms with Crippen molar-refractivity contribution in [3.63, 3.8) is 0 Å². The summed E-state index contributed by atoms with van der Waals surface area (Å²) >= 11 is 1.84. The first-order chi connectivity index (χ1) is 4.35. The van der Waals surface area contributed by atoms with Crippen LogP contribution in [0.2, 0.25) is 0 Å². The molecule has 1 nitrogen and oxygen atoms in total. The summed E-state index contributed by atoms with van der Waals surface area (Å²) in [5.41, 5.74) is 0. The molecule has 0 aromatic heterocycles. The summed E-state index contributed by atoms with van der Waals surface area (Å²) in [5.74, 6) is 1.12. The lowest BCUT2D eigenvalue weighted by Crippen LogP contribution is -2.28. The Balaban J connectivity index is 3.29. The summed E-state index contributed by atoms with van der Waals surface area (Å²) in [6.45, 7) is 6.86. The molecule has 0 aliphatic heterocycles. The standard InChI is InChI=1S/C7H15NS/c1-4-7(6-9-3)8-5-2/h4,7-8H,1,5-6H2,2-3H3. The van der Waals surface area contributed by atoms with Gasteiger partial charge in [0, 0.05) is 11.8 Å². The van der Waals surface area contributed by atoms with Gasteiger partial charge in [0.15, 0.2) is 0 Å². The Bertz CT molecular complexity index is 67.3. The van der Waals surface area contributed by atoms with Gasteiger partial charge in [-0.1, -0.05) is 13.0 Å². The van der Waals surface area contributed by atoms with Crippen LogP contribution in [0.3, 0.4) is 0 Å². The summed E-state index contributed by atoms with van der Waals surface area (Å²) in [7, 11) is 0. The van der Waals surface area contributed by atoms with E-state index in [-0.39, 0.29) is 0 Å². The monoisotopic (exact) mass is 145 g/mol. The van der Waals surface area contributed by atoms with E-state index in [2.05, 4.69) is 25.1 Å². The van der Waals surface area contributed by atoms with Crippen LogP contribution < -0.4 is 5.32 Å². The van der Waals surface area contributed by atoms with Crippen molar-refractivity contribution < 1.29 is 0 Å². The van der Waals surface area contributed by atoms with Crippen LogP contribution in [0, 0.1) is 0 Å². The Morgan fingerprint density at radius 1 is 1.78 bits per heavy atom. The molecule has 2 heteroatoms. The molecule has 0 spiro atoms. The van der Waals surface area contributed by atoms with Gasteiger partial charge in [-0.25, -0.2) is 0 Å². The maximum atomic E-state index is 3.72. The topological polar surface area (TPSA) is 12.0 Å². The van der Waals surface area contributed by atoms with Crippen LogP contribution in [0.1, 0.15) is 6.92 Å². The van der Waals surface area contributed by atoms with E-state index < -0.39 is 0 Å². The van der Waals surface area contributed by atoms with Crippen LogP contribution in [0.25, 0.3) is 0 Å². The molecule has 54 valence electrons. The molecule has 0 fully saturated rings. The lowest BCUT2D eigenvalue weighted by atomic mass is 10.3. The molecular weight excluding hydrogens is 130 g/mol. The number of nitrogens with one attached hydrogen (secondary N) is 1. The van der Waals surface area contributed by atoms with E-state index in [0.29, 0.717) is 6.04 Å². The largest absolute Gasteiger partial charge is 0.310 e. The lowest BCUT2D eigenvalue weighted by molar-refractivity contribution is 0.669. The third kappa shape index (κ3) is 4.55. The molecular formula is C7H15NS. The van der Waals surface area contributed by atoms with Crippen molar-refractivity contribution in [3.05, 3.63) is 12.7 Å². The van der Waals surface area contributed by atoms with Crippen LogP contribution in [-0.4, -0.2) is 24.6 Å². The molecule has 0 aliphatic rings. The van der Waals surface area contributed by atoms with Crippen molar-refractivity contribution in [1.29, 1.82) is 0 Å². The van der Waals surface area contributed by atoms with E-state index in [4.69, 9.17) is 0 Å². The molecule has 0 rings (SSSR count). The highest BCUT2D eigenvalue weighted by Gasteiger charge is 1.97. The highest BCUT2D eigenvalue weighted by molar-refractivity contribution is 7.98. The van der Waals surface area contributed by atoms with Crippen molar-refractivity contribution in [1.82, 2.24) is 5.32 Å². The molecule has 0 radical (unpaired) electrons. The second-order valence-corrected chi connectivity index (χ2v) is 2.77. The fraction of sp³-hybridized carbons (Fsp3) is 0.714. The minimum Gasteiger partial charge on any atom is -0.310 e. The van der Waals surface area contributed by atoms with Crippen LogP contribution >= 0.6 is 11.8 Å². The maximum absolute atomic E-state index is 3.72. The van der Waals surface area contributed by atoms with Crippen molar-refractivity contribution in [3.8, 4) is 0 Å². The molecule has 0 saturated heterocycles. The van der Waals surface area contributed by atoms with Gasteiger partial charge in [0.25, 0.3) is 0 Å². The molecule has 0 heterocycles. The third-order valence-corrected chi connectivity index (χ3v) is 1.79. The zero-order chi connectivity index (χ0) is 7.11. The minimum atomic E-state index is 0.491. The molecule has 0 aliphatic carbocycles. The van der Waals surface area contributed by atoms with Crippen LogP contribution in [0.15, 0.2) is 12.7 Å². The predicted molar refractivity (Wildman–Crippen MR) is 46.0 cm³/mol. The molecule has 1 atom stereocenters. The van der Waals surface area contributed by atoms with Crippen molar-refractivity contribution in [2.75, 3.05) is 18.6 Å². The average molecular weight is 145 g/mol. The minimum absolute atomic E-state index is 0.491. The first kappa shape index (κ1) is 9.05. The number of likely N-dealkylation sites (N-methyl/N-ethyl adjacent to an activating group) is 1. The van der Waals surface area contributed by atoms with E-state index in [1.165, 1.54) is 0 Å². The summed E-state index contributed by atoms with van der Waals surface area (Å²) in [6.07, 6.45) is 4.06. The molecule has 0 aromatic carbocycles. The highest BCUT2D eigenvalue weighted by atomic mass is 32.2. The van der Waals surface area contributed by atoms with Crippen LogP contribution in [0.5, 0.6) is 0 Å². The molecule has 0 aromatic rings. The zero-order valence-electron chi connectivity index (χ0n) is 6.18. The van der Waals surface area contributed by atoms with Crippen LogP contribution in [0.4, 0.5) is 0 Å². The number of hydrogen-bond acceptors (Lipinski definition) is 2. The fourth-order valence-corrected chi connectivity index (χ4v) is 1.27. The normalized spacial score (nSPS) is 13.1. The van der Waals surface area contributed by atoms with Gasteiger partial charge < -0.3 is 5.32 Å². The summed E-state index contributed by atoms with van der Waals surface area (Å²) in [5, 5.41) is 3.29. The van der Waals surface area contributed by atoms with E-state index in [9.17, 15) is 0 Å². The van der Waals surface area contributed by atoms with E-state index in [0.717, 1.165) is 12.3 Å². The second-order valence-electron chi connectivity index (χ2n) is 1.86. The van der Waals surface area contributed by atoms with E-state index in [1.807, 2.05) is 17.8 Å². The number of thioether (sulfide) groups is 1. The Kier molecular flexibility index (Phi) is 6.21. The van der Waals surface area contributed by atoms with E-state index in [1.54, 1.807) is 0 Å². The lowest BCUT2D eigenvalue weighted by Gasteiger charge is -2.10. The van der Waals surface area contributed by atoms with Gasteiger partial charge in [-0.3, -0.25) is 0 Å². The van der Waals surface area contributed by atoms with Gasteiger partial charge in [0.2, 0.25) is 0 Å².